The van der Waals surface area contributed by atoms with Gasteiger partial charge >= 0.3 is 0 Å². The third-order valence-corrected chi connectivity index (χ3v) is 4.78. The Hall–Kier alpha value is -2.29. The van der Waals surface area contributed by atoms with Crippen molar-refractivity contribution in [1.82, 2.24) is 4.98 Å². The van der Waals surface area contributed by atoms with E-state index in [1.165, 1.54) is 0 Å². The van der Waals surface area contributed by atoms with E-state index in [2.05, 4.69) is 4.98 Å². The highest BCUT2D eigenvalue weighted by atomic mass is 16.1. The minimum Gasteiger partial charge on any atom is -0.289 e. The van der Waals surface area contributed by atoms with E-state index in [1.54, 1.807) is 18.2 Å². The van der Waals surface area contributed by atoms with Crippen LogP contribution in [-0.4, -0.2) is 16.6 Å². The zero-order chi connectivity index (χ0) is 15.3. The summed E-state index contributed by atoms with van der Waals surface area (Å²) in [4.78, 5) is 30.5. The van der Waals surface area contributed by atoms with E-state index in [0.717, 1.165) is 43.4 Å². The van der Waals surface area contributed by atoms with Crippen molar-refractivity contribution in [1.29, 1.82) is 0 Å². The van der Waals surface area contributed by atoms with Crippen molar-refractivity contribution in [2.45, 2.75) is 39.0 Å². The normalized spacial score (nSPS) is 16.6. The van der Waals surface area contributed by atoms with Gasteiger partial charge in [-0.1, -0.05) is 30.7 Å². The molecule has 0 unspecified atom stereocenters. The molecular weight excluding hydrogens is 274 g/mol. The standard InChI is InChI=1S/C19H17NO2/c1-11-16-17(14-9-3-2-4-10-15(14)20-11)19(22)13-8-6-5-7-12(13)18(16)21/h5-8H,2-4,9-10H2,1H3. The fourth-order valence-corrected chi connectivity index (χ4v) is 3.73. The first-order chi connectivity index (χ1) is 10.7. The first-order valence-electron chi connectivity index (χ1n) is 7.89. The summed E-state index contributed by atoms with van der Waals surface area (Å²) in [6.07, 6.45) is 5.09. The van der Waals surface area contributed by atoms with E-state index >= 15 is 0 Å². The van der Waals surface area contributed by atoms with Gasteiger partial charge in [-0.25, -0.2) is 0 Å². The molecule has 110 valence electrons. The summed E-state index contributed by atoms with van der Waals surface area (Å²) in [5.41, 5.74) is 4.96. The molecule has 2 aliphatic rings. The molecular formula is C19H17NO2. The van der Waals surface area contributed by atoms with Gasteiger partial charge in [0.25, 0.3) is 0 Å². The fraction of sp³-hybridized carbons (Fsp3) is 0.316. The number of carbonyl (C=O) groups is 2. The molecule has 3 heteroatoms. The molecule has 0 spiro atoms. The van der Waals surface area contributed by atoms with Crippen molar-refractivity contribution in [3.63, 3.8) is 0 Å². The predicted molar refractivity (Wildman–Crippen MR) is 83.5 cm³/mol. The van der Waals surface area contributed by atoms with E-state index in [0.29, 0.717) is 27.9 Å². The van der Waals surface area contributed by atoms with E-state index < -0.39 is 0 Å². The molecule has 0 aliphatic heterocycles. The van der Waals surface area contributed by atoms with Gasteiger partial charge in [-0.3, -0.25) is 14.6 Å². The number of pyridine rings is 1. The molecule has 0 amide bonds. The number of benzene rings is 1. The highest BCUT2D eigenvalue weighted by Gasteiger charge is 2.34. The zero-order valence-corrected chi connectivity index (χ0v) is 12.6. The van der Waals surface area contributed by atoms with E-state index in [4.69, 9.17) is 0 Å². The van der Waals surface area contributed by atoms with Crippen LogP contribution in [0.2, 0.25) is 0 Å². The van der Waals surface area contributed by atoms with Crippen molar-refractivity contribution in [3.8, 4) is 0 Å². The molecule has 3 nitrogen and oxygen atoms in total. The van der Waals surface area contributed by atoms with Crippen LogP contribution in [-0.2, 0) is 12.8 Å². The molecule has 0 atom stereocenters. The highest BCUT2D eigenvalue weighted by molar-refractivity contribution is 6.29. The summed E-state index contributed by atoms with van der Waals surface area (Å²) in [6, 6.07) is 7.13. The lowest BCUT2D eigenvalue weighted by Gasteiger charge is -2.23. The van der Waals surface area contributed by atoms with Gasteiger partial charge in [0.05, 0.1) is 5.56 Å². The molecule has 2 aromatic rings. The van der Waals surface area contributed by atoms with Gasteiger partial charge in [-0.05, 0) is 38.2 Å². The lowest BCUT2D eigenvalue weighted by molar-refractivity contribution is 0.0977. The second kappa shape index (κ2) is 4.87. The number of ketones is 2. The Morgan fingerprint density at radius 3 is 2.23 bits per heavy atom. The largest absolute Gasteiger partial charge is 0.289 e. The Kier molecular flexibility index (Phi) is 2.96. The second-order valence-corrected chi connectivity index (χ2v) is 6.14. The van der Waals surface area contributed by atoms with Gasteiger partial charge in [0, 0.05) is 28.1 Å². The third kappa shape index (κ3) is 1.78. The molecule has 0 saturated heterocycles. The van der Waals surface area contributed by atoms with Crippen LogP contribution >= 0.6 is 0 Å². The Morgan fingerprint density at radius 1 is 0.864 bits per heavy atom. The topological polar surface area (TPSA) is 47.0 Å². The molecule has 0 bridgehead atoms. The molecule has 2 aliphatic carbocycles. The number of fused-ring (bicyclic) bond motifs is 4. The predicted octanol–water partition coefficient (Wildman–Crippen LogP) is 3.43. The van der Waals surface area contributed by atoms with Crippen LogP contribution in [0.1, 0.15) is 68.1 Å². The van der Waals surface area contributed by atoms with Gasteiger partial charge in [0.1, 0.15) is 0 Å². The number of carbonyl (C=O) groups excluding carboxylic acids is 2. The number of rotatable bonds is 0. The summed E-state index contributed by atoms with van der Waals surface area (Å²) < 4.78 is 0. The van der Waals surface area contributed by atoms with Gasteiger partial charge < -0.3 is 0 Å². The zero-order valence-electron chi connectivity index (χ0n) is 12.6. The maximum absolute atomic E-state index is 13.0. The highest BCUT2D eigenvalue weighted by Crippen LogP contribution is 2.34. The lowest BCUT2D eigenvalue weighted by Crippen LogP contribution is -2.25. The minimum absolute atomic E-state index is 0.00569. The van der Waals surface area contributed by atoms with Crippen LogP contribution in [0.25, 0.3) is 0 Å². The van der Waals surface area contributed by atoms with Crippen LogP contribution in [0.5, 0.6) is 0 Å². The number of aromatic nitrogens is 1. The van der Waals surface area contributed by atoms with Crippen LogP contribution in [0, 0.1) is 6.92 Å². The van der Waals surface area contributed by atoms with Crippen molar-refractivity contribution >= 4 is 11.6 Å². The fourth-order valence-electron chi connectivity index (χ4n) is 3.73. The second-order valence-electron chi connectivity index (χ2n) is 6.14. The minimum atomic E-state index is -0.0535. The number of hydrogen-bond donors (Lipinski definition) is 0. The van der Waals surface area contributed by atoms with Crippen molar-refractivity contribution in [3.05, 3.63) is 63.5 Å². The van der Waals surface area contributed by atoms with Crippen molar-refractivity contribution in [2.75, 3.05) is 0 Å². The smallest absolute Gasteiger partial charge is 0.196 e. The van der Waals surface area contributed by atoms with Crippen LogP contribution in [0.15, 0.2) is 24.3 Å². The first-order valence-corrected chi connectivity index (χ1v) is 7.89. The van der Waals surface area contributed by atoms with E-state index in [-0.39, 0.29) is 11.6 Å². The number of nitrogens with zero attached hydrogens (tertiary/aromatic N) is 1. The molecule has 0 radical (unpaired) electrons. The molecule has 1 aromatic heterocycles. The third-order valence-electron chi connectivity index (χ3n) is 4.78. The molecule has 4 rings (SSSR count). The Balaban J connectivity index is 2.04. The first kappa shape index (κ1) is 13.4. The summed E-state index contributed by atoms with van der Waals surface area (Å²) in [6.45, 7) is 1.85. The van der Waals surface area contributed by atoms with Gasteiger partial charge in [0.15, 0.2) is 11.6 Å². The number of aryl methyl sites for hydroxylation is 2. The molecule has 0 saturated carbocycles. The van der Waals surface area contributed by atoms with Crippen LogP contribution in [0.4, 0.5) is 0 Å². The molecule has 22 heavy (non-hydrogen) atoms. The summed E-state index contributed by atoms with van der Waals surface area (Å²) in [5.74, 6) is -0.0592. The molecule has 0 N–H and O–H groups in total. The monoisotopic (exact) mass is 291 g/mol. The summed E-state index contributed by atoms with van der Waals surface area (Å²) in [5, 5.41) is 0. The average molecular weight is 291 g/mol. The molecule has 1 heterocycles. The van der Waals surface area contributed by atoms with Crippen LogP contribution < -0.4 is 0 Å². The summed E-state index contributed by atoms with van der Waals surface area (Å²) in [7, 11) is 0. The van der Waals surface area contributed by atoms with Gasteiger partial charge in [-0.15, -0.1) is 0 Å². The van der Waals surface area contributed by atoms with Crippen molar-refractivity contribution in [2.24, 2.45) is 0 Å². The SMILES string of the molecule is Cc1nc2c(c3c1C(=O)c1ccccc1C3=O)CCCCC2. The Bertz CT molecular complexity index is 820. The molecule has 0 fully saturated rings. The molecule has 1 aromatic carbocycles. The van der Waals surface area contributed by atoms with Crippen molar-refractivity contribution < 1.29 is 9.59 Å². The quantitative estimate of drug-likeness (QED) is 0.596. The summed E-state index contributed by atoms with van der Waals surface area (Å²) >= 11 is 0. The van der Waals surface area contributed by atoms with Crippen LogP contribution in [0.3, 0.4) is 0 Å². The van der Waals surface area contributed by atoms with Gasteiger partial charge in [-0.2, -0.15) is 0 Å². The van der Waals surface area contributed by atoms with E-state index in [1.807, 2.05) is 13.0 Å². The lowest BCUT2D eigenvalue weighted by atomic mass is 9.80. The average Bonchev–Trinajstić information content (AvgIpc) is 2.76. The number of hydrogen-bond acceptors (Lipinski definition) is 3. The van der Waals surface area contributed by atoms with Gasteiger partial charge in [0.2, 0.25) is 0 Å². The van der Waals surface area contributed by atoms with E-state index in [9.17, 15) is 9.59 Å². The maximum Gasteiger partial charge on any atom is 0.196 e. The maximum atomic E-state index is 13.0. The Labute approximate surface area is 129 Å². The Morgan fingerprint density at radius 2 is 1.50 bits per heavy atom.